The smallest absolute Gasteiger partial charge is 0.0500 e. The van der Waals surface area contributed by atoms with Crippen molar-refractivity contribution < 1.29 is 5.11 Å². The maximum absolute atomic E-state index is 9.08. The Labute approximate surface area is 88.3 Å². The van der Waals surface area contributed by atoms with Crippen LogP contribution in [0.25, 0.3) is 0 Å². The predicted octanol–water partition coefficient (Wildman–Crippen LogP) is 3.48. The van der Waals surface area contributed by atoms with Gasteiger partial charge in [0.25, 0.3) is 0 Å². The van der Waals surface area contributed by atoms with Crippen molar-refractivity contribution >= 4 is 23.2 Å². The highest BCUT2D eigenvalue weighted by atomic mass is 35.5. The molecule has 0 heterocycles. The Morgan fingerprint density at radius 1 is 1.38 bits per heavy atom. The van der Waals surface area contributed by atoms with Crippen LogP contribution < -0.4 is 0 Å². The number of hydrogen-bond donors (Lipinski definition) is 1. The van der Waals surface area contributed by atoms with Crippen LogP contribution in [0.5, 0.6) is 0 Å². The van der Waals surface area contributed by atoms with Crippen LogP contribution in [0.1, 0.15) is 24.8 Å². The summed E-state index contributed by atoms with van der Waals surface area (Å²) in [6, 6.07) is 5.37. The molecule has 72 valence electrons. The van der Waals surface area contributed by atoms with Gasteiger partial charge >= 0.3 is 0 Å². The van der Waals surface area contributed by atoms with E-state index in [1.165, 1.54) is 0 Å². The van der Waals surface area contributed by atoms with Crippen LogP contribution in [0.3, 0.4) is 0 Å². The average molecular weight is 219 g/mol. The molecule has 0 amide bonds. The monoisotopic (exact) mass is 218 g/mol. The Hall–Kier alpha value is -0.240. The first-order valence-electron chi connectivity index (χ1n) is 4.24. The first kappa shape index (κ1) is 10.8. The van der Waals surface area contributed by atoms with Crippen LogP contribution in [0, 0.1) is 0 Å². The first-order valence-corrected chi connectivity index (χ1v) is 5.00. The first-order chi connectivity index (χ1) is 6.19. The second-order valence-corrected chi connectivity index (χ2v) is 3.80. The fourth-order valence-electron chi connectivity index (χ4n) is 1.28. The molecular formula is C10H12Cl2O. The van der Waals surface area contributed by atoms with Gasteiger partial charge in [0.1, 0.15) is 0 Å². The van der Waals surface area contributed by atoms with E-state index in [2.05, 4.69) is 0 Å². The van der Waals surface area contributed by atoms with Crippen molar-refractivity contribution in [2.24, 2.45) is 0 Å². The molecule has 1 N–H and O–H groups in total. The standard InChI is InChI=1S/C10H12Cl2O/c1-2-7(6-13)9-4-3-8(11)5-10(9)12/h3-5,7,13H,2,6H2,1H3. The molecule has 0 aliphatic heterocycles. The van der Waals surface area contributed by atoms with E-state index >= 15 is 0 Å². The zero-order valence-electron chi connectivity index (χ0n) is 7.43. The summed E-state index contributed by atoms with van der Waals surface area (Å²) in [4.78, 5) is 0. The van der Waals surface area contributed by atoms with Crippen LogP contribution in [-0.4, -0.2) is 11.7 Å². The number of rotatable bonds is 3. The van der Waals surface area contributed by atoms with Crippen molar-refractivity contribution in [3.8, 4) is 0 Å². The lowest BCUT2D eigenvalue weighted by molar-refractivity contribution is 0.262. The van der Waals surface area contributed by atoms with Gasteiger partial charge in [-0.3, -0.25) is 0 Å². The van der Waals surface area contributed by atoms with E-state index in [1.807, 2.05) is 13.0 Å². The van der Waals surface area contributed by atoms with Crippen LogP contribution in [0.2, 0.25) is 10.0 Å². The molecule has 0 saturated heterocycles. The summed E-state index contributed by atoms with van der Waals surface area (Å²) in [5, 5.41) is 10.3. The number of hydrogen-bond acceptors (Lipinski definition) is 1. The maximum Gasteiger partial charge on any atom is 0.0500 e. The van der Waals surface area contributed by atoms with E-state index in [0.29, 0.717) is 10.0 Å². The lowest BCUT2D eigenvalue weighted by Crippen LogP contribution is -2.02. The minimum atomic E-state index is 0.116. The second kappa shape index (κ2) is 4.85. The number of halogens is 2. The van der Waals surface area contributed by atoms with Crippen molar-refractivity contribution in [3.05, 3.63) is 33.8 Å². The van der Waals surface area contributed by atoms with Gasteiger partial charge in [-0.2, -0.15) is 0 Å². The molecule has 0 spiro atoms. The molecule has 1 aromatic rings. The van der Waals surface area contributed by atoms with E-state index in [-0.39, 0.29) is 12.5 Å². The van der Waals surface area contributed by atoms with Crippen LogP contribution in [0.15, 0.2) is 18.2 Å². The minimum Gasteiger partial charge on any atom is -0.396 e. The fraction of sp³-hybridized carbons (Fsp3) is 0.400. The Bertz CT molecular complexity index is 282. The molecule has 1 unspecified atom stereocenters. The zero-order valence-corrected chi connectivity index (χ0v) is 8.94. The lowest BCUT2D eigenvalue weighted by atomic mass is 9.97. The van der Waals surface area contributed by atoms with Gasteiger partial charge in [-0.1, -0.05) is 36.2 Å². The van der Waals surface area contributed by atoms with Gasteiger partial charge in [-0.15, -0.1) is 0 Å². The van der Waals surface area contributed by atoms with E-state index in [4.69, 9.17) is 28.3 Å². The van der Waals surface area contributed by atoms with Gasteiger partial charge in [-0.05, 0) is 24.1 Å². The maximum atomic E-state index is 9.08. The normalized spacial score (nSPS) is 12.9. The molecule has 0 radical (unpaired) electrons. The van der Waals surface area contributed by atoms with E-state index in [0.717, 1.165) is 12.0 Å². The molecular weight excluding hydrogens is 207 g/mol. The summed E-state index contributed by atoms with van der Waals surface area (Å²) < 4.78 is 0. The third kappa shape index (κ3) is 2.60. The van der Waals surface area contributed by atoms with Gasteiger partial charge < -0.3 is 5.11 Å². The summed E-state index contributed by atoms with van der Waals surface area (Å²) >= 11 is 11.7. The molecule has 1 atom stereocenters. The molecule has 3 heteroatoms. The van der Waals surface area contributed by atoms with Gasteiger partial charge in [0.15, 0.2) is 0 Å². The van der Waals surface area contributed by atoms with Gasteiger partial charge in [0.05, 0.1) is 0 Å². The Balaban J connectivity index is 2.99. The summed E-state index contributed by atoms with van der Waals surface area (Å²) in [6.07, 6.45) is 0.873. The predicted molar refractivity (Wildman–Crippen MR) is 56.6 cm³/mol. The molecule has 0 fully saturated rings. The molecule has 0 saturated carbocycles. The van der Waals surface area contributed by atoms with E-state index < -0.39 is 0 Å². The molecule has 0 aliphatic rings. The summed E-state index contributed by atoms with van der Waals surface area (Å²) in [6.45, 7) is 2.14. The molecule has 13 heavy (non-hydrogen) atoms. The van der Waals surface area contributed by atoms with Gasteiger partial charge in [0, 0.05) is 22.6 Å². The number of aliphatic hydroxyl groups is 1. The quantitative estimate of drug-likeness (QED) is 0.824. The van der Waals surface area contributed by atoms with Crippen LogP contribution in [-0.2, 0) is 0 Å². The van der Waals surface area contributed by atoms with E-state index in [1.54, 1.807) is 12.1 Å². The summed E-state index contributed by atoms with van der Waals surface area (Å²) in [5.74, 6) is 0.116. The molecule has 0 aromatic heterocycles. The minimum absolute atomic E-state index is 0.116. The fourth-order valence-corrected chi connectivity index (χ4v) is 1.84. The Morgan fingerprint density at radius 2 is 2.08 bits per heavy atom. The Kier molecular flexibility index (Phi) is 4.04. The lowest BCUT2D eigenvalue weighted by Gasteiger charge is -2.13. The largest absolute Gasteiger partial charge is 0.396 e. The van der Waals surface area contributed by atoms with Crippen molar-refractivity contribution in [2.45, 2.75) is 19.3 Å². The van der Waals surface area contributed by atoms with Crippen molar-refractivity contribution in [1.29, 1.82) is 0 Å². The molecule has 1 aromatic carbocycles. The third-order valence-electron chi connectivity index (χ3n) is 2.12. The van der Waals surface area contributed by atoms with Gasteiger partial charge in [-0.25, -0.2) is 0 Å². The second-order valence-electron chi connectivity index (χ2n) is 2.95. The molecule has 0 bridgehead atoms. The third-order valence-corrected chi connectivity index (χ3v) is 2.68. The summed E-state index contributed by atoms with van der Waals surface area (Å²) in [7, 11) is 0. The Morgan fingerprint density at radius 3 is 2.54 bits per heavy atom. The van der Waals surface area contributed by atoms with Crippen molar-refractivity contribution in [1.82, 2.24) is 0 Å². The topological polar surface area (TPSA) is 20.2 Å². The van der Waals surface area contributed by atoms with Crippen molar-refractivity contribution in [3.63, 3.8) is 0 Å². The van der Waals surface area contributed by atoms with Crippen LogP contribution >= 0.6 is 23.2 Å². The van der Waals surface area contributed by atoms with E-state index in [9.17, 15) is 0 Å². The molecule has 1 nitrogen and oxygen atoms in total. The van der Waals surface area contributed by atoms with Crippen molar-refractivity contribution in [2.75, 3.05) is 6.61 Å². The highest BCUT2D eigenvalue weighted by Crippen LogP contribution is 2.28. The highest BCUT2D eigenvalue weighted by molar-refractivity contribution is 6.35. The van der Waals surface area contributed by atoms with Gasteiger partial charge in [0.2, 0.25) is 0 Å². The number of aliphatic hydroxyl groups excluding tert-OH is 1. The SMILES string of the molecule is CCC(CO)c1ccc(Cl)cc1Cl. The molecule has 0 aliphatic carbocycles. The van der Waals surface area contributed by atoms with Crippen LogP contribution in [0.4, 0.5) is 0 Å². The highest BCUT2D eigenvalue weighted by Gasteiger charge is 2.11. The average Bonchev–Trinajstić information content (AvgIpc) is 2.10. The number of benzene rings is 1. The zero-order chi connectivity index (χ0) is 9.84. The molecule has 1 rings (SSSR count). The summed E-state index contributed by atoms with van der Waals surface area (Å²) in [5.41, 5.74) is 0.969.